The second-order valence-corrected chi connectivity index (χ2v) is 23.8. The number of nitrogens with zero attached hydrogens (tertiary/aromatic N) is 5. The van der Waals surface area contributed by atoms with Gasteiger partial charge < -0.3 is 24.7 Å². The van der Waals surface area contributed by atoms with Crippen molar-refractivity contribution in [1.29, 1.82) is 0 Å². The first-order valence-corrected chi connectivity index (χ1v) is 27.0. The largest absolute Gasteiger partial charge is 0.455 e. The van der Waals surface area contributed by atoms with E-state index < -0.39 is 64.6 Å². The average Bonchev–Trinajstić information content (AvgIpc) is 3.79. The SMILES string of the molecule is CC1(C)CCC(CN2CCN(c3ccc(C(=O)NS(=O)(=O)c4ccc(NCC5CN(S(=O)(=O)C6CCC6)CCO5)c([N+](=O)[O-])c4)c(Oc4cnc5[nH]ccc5c4)c3)CC2)=C(c2ccc(C(F)(F)F)cc2Cl)C1. The monoisotopic (exact) mass is 1050 g/mol. The van der Waals surface area contributed by atoms with Crippen LogP contribution in [0.5, 0.6) is 11.5 Å². The number of H-pyrrole nitrogens is 1. The average molecular weight is 1060 g/mol. The van der Waals surface area contributed by atoms with Crippen LogP contribution in [0.3, 0.4) is 0 Å². The van der Waals surface area contributed by atoms with Gasteiger partial charge >= 0.3 is 6.18 Å². The number of anilines is 2. The second kappa shape index (κ2) is 20.3. The van der Waals surface area contributed by atoms with Crippen LogP contribution in [0, 0.1) is 15.5 Å². The van der Waals surface area contributed by atoms with Gasteiger partial charge in [0.2, 0.25) is 10.0 Å². The number of carbonyl (C=O) groups is 1. The number of fused-ring (bicyclic) bond motifs is 1. The highest BCUT2D eigenvalue weighted by atomic mass is 35.5. The van der Waals surface area contributed by atoms with Crippen molar-refractivity contribution in [2.45, 2.75) is 74.8 Å². The molecule has 4 heterocycles. The number of alkyl halides is 3. The van der Waals surface area contributed by atoms with Gasteiger partial charge in [-0.1, -0.05) is 43.5 Å². The quantitative estimate of drug-likeness (QED) is 0.0662. The zero-order chi connectivity index (χ0) is 51.2. The van der Waals surface area contributed by atoms with Crippen molar-refractivity contribution >= 4 is 71.2 Å². The standard InChI is InChI=1S/C49H54ClF3N8O9S2/c1-48(2)14-12-32(41(26-48)39-9-6-33(23-42(39)50)49(51,52)53)29-58-16-18-59(19-17-58)34-7-10-40(45(24-34)70-35-22-31-13-15-54-46(31)56-27-35)47(62)57-71(65,66)38-8-11-43(44(25-38)61(63)64)55-28-36-30-60(20-21-69-36)72(67,68)37-4-3-5-37/h6-11,13,15,22-25,27,36-37,55H,3-5,12,14,16-21,26,28-30H2,1-2H3,(H,54,56)(H,57,62). The number of carbonyl (C=O) groups excluding carboxylic acids is 1. The number of sulfonamides is 2. The first kappa shape index (κ1) is 51.1. The number of aromatic amines is 1. The third kappa shape index (κ3) is 11.2. The predicted octanol–water partition coefficient (Wildman–Crippen LogP) is 8.84. The Morgan fingerprint density at radius 1 is 1.01 bits per heavy atom. The van der Waals surface area contributed by atoms with Crippen LogP contribution >= 0.6 is 11.6 Å². The Balaban J connectivity index is 0.907. The topological polar surface area (TPSA) is 209 Å². The summed E-state index contributed by atoms with van der Waals surface area (Å²) in [5, 5.41) is 15.6. The number of ether oxygens (including phenoxy) is 2. The number of halogens is 4. The minimum absolute atomic E-state index is 0.00344. The highest BCUT2D eigenvalue weighted by Gasteiger charge is 2.39. The number of piperazine rings is 1. The summed E-state index contributed by atoms with van der Waals surface area (Å²) in [5.74, 6) is -0.786. The molecule has 4 aliphatic rings. The Morgan fingerprint density at radius 3 is 2.50 bits per heavy atom. The highest BCUT2D eigenvalue weighted by Crippen LogP contribution is 2.46. The van der Waals surface area contributed by atoms with Crippen molar-refractivity contribution in [3.05, 3.63) is 117 Å². The van der Waals surface area contributed by atoms with Crippen LogP contribution in [-0.2, 0) is 31.0 Å². The normalized spacial score (nSPS) is 19.5. The van der Waals surface area contributed by atoms with Gasteiger partial charge in [-0.2, -0.15) is 17.5 Å². The van der Waals surface area contributed by atoms with Crippen molar-refractivity contribution in [2.75, 3.05) is 69.2 Å². The Labute approximate surface area is 420 Å². The van der Waals surface area contributed by atoms with Crippen molar-refractivity contribution in [3.8, 4) is 11.5 Å². The maximum Gasteiger partial charge on any atom is 0.416 e. The lowest BCUT2D eigenvalue weighted by atomic mass is 9.72. The number of nitro benzene ring substituents is 1. The molecule has 17 nitrogen and oxygen atoms in total. The molecule has 2 aliphatic heterocycles. The van der Waals surface area contributed by atoms with E-state index in [0.717, 1.165) is 60.1 Å². The zero-order valence-electron chi connectivity index (χ0n) is 39.5. The van der Waals surface area contributed by atoms with E-state index in [4.69, 9.17) is 21.1 Å². The van der Waals surface area contributed by atoms with Crippen LogP contribution in [0.15, 0.2) is 89.6 Å². The first-order chi connectivity index (χ1) is 34.1. The lowest BCUT2D eigenvalue weighted by Gasteiger charge is -2.39. The number of nitro groups is 1. The van der Waals surface area contributed by atoms with Crippen LogP contribution < -0.4 is 19.7 Å². The number of rotatable bonds is 15. The molecule has 0 radical (unpaired) electrons. The highest BCUT2D eigenvalue weighted by molar-refractivity contribution is 7.90. The van der Waals surface area contributed by atoms with Gasteiger partial charge in [0.15, 0.2) is 0 Å². The van der Waals surface area contributed by atoms with Crippen molar-refractivity contribution in [2.24, 2.45) is 5.41 Å². The summed E-state index contributed by atoms with van der Waals surface area (Å²) in [7, 11) is -8.21. The van der Waals surface area contributed by atoms with Gasteiger partial charge in [-0.15, -0.1) is 0 Å². The summed E-state index contributed by atoms with van der Waals surface area (Å²) in [6, 6.07) is 15.0. The summed E-state index contributed by atoms with van der Waals surface area (Å²) >= 11 is 6.54. The van der Waals surface area contributed by atoms with Crippen molar-refractivity contribution < 1.29 is 49.2 Å². The summed E-state index contributed by atoms with van der Waals surface area (Å²) in [4.78, 5) is 36.8. The molecular formula is C49H54ClF3N8O9S2. The minimum atomic E-state index is -4.72. The van der Waals surface area contributed by atoms with Gasteiger partial charge in [-0.05, 0) is 97.2 Å². The molecule has 3 N–H and O–H groups in total. The minimum Gasteiger partial charge on any atom is -0.455 e. The van der Waals surface area contributed by atoms with E-state index in [-0.39, 0.29) is 59.4 Å². The van der Waals surface area contributed by atoms with E-state index in [1.807, 2.05) is 4.72 Å². The number of morpholine rings is 1. The van der Waals surface area contributed by atoms with Crippen LogP contribution in [0.4, 0.5) is 30.2 Å². The lowest BCUT2D eigenvalue weighted by Crippen LogP contribution is -2.51. The molecule has 2 aliphatic carbocycles. The Kier molecular flexibility index (Phi) is 14.4. The number of allylic oxidation sites excluding steroid dienone is 1. The van der Waals surface area contributed by atoms with Crippen LogP contribution in [-0.4, -0.2) is 117 Å². The summed E-state index contributed by atoms with van der Waals surface area (Å²) in [6.45, 7) is 7.70. The molecule has 2 saturated heterocycles. The predicted molar refractivity (Wildman–Crippen MR) is 266 cm³/mol. The molecule has 1 atom stereocenters. The van der Waals surface area contributed by atoms with Crippen molar-refractivity contribution in [3.63, 3.8) is 0 Å². The number of nitrogens with one attached hydrogen (secondary N) is 3. The van der Waals surface area contributed by atoms with E-state index in [1.54, 1.807) is 30.5 Å². The number of pyridine rings is 1. The summed E-state index contributed by atoms with van der Waals surface area (Å²) in [5.41, 5.74) is 2.37. The Morgan fingerprint density at radius 2 is 1.79 bits per heavy atom. The molecule has 2 aromatic heterocycles. The van der Waals surface area contributed by atoms with Gasteiger partial charge in [0, 0.05) is 86.8 Å². The molecule has 0 spiro atoms. The molecule has 5 aromatic rings. The Hall–Kier alpha value is -5.78. The van der Waals surface area contributed by atoms with Crippen LogP contribution in [0.25, 0.3) is 16.6 Å². The number of aromatic nitrogens is 2. The molecule has 3 fully saturated rings. The smallest absolute Gasteiger partial charge is 0.416 e. The van der Waals surface area contributed by atoms with Gasteiger partial charge in [0.1, 0.15) is 22.8 Å². The van der Waals surface area contributed by atoms with Crippen LogP contribution in [0.2, 0.25) is 5.02 Å². The molecule has 1 saturated carbocycles. The maximum atomic E-state index is 14.0. The van der Waals surface area contributed by atoms with E-state index in [2.05, 4.69) is 38.9 Å². The number of hydrogen-bond acceptors (Lipinski definition) is 13. The fourth-order valence-electron chi connectivity index (χ4n) is 9.61. The summed E-state index contributed by atoms with van der Waals surface area (Å²) in [6.07, 6.45) is 2.45. The molecule has 1 amide bonds. The third-order valence-corrected chi connectivity index (χ3v) is 17.9. The van der Waals surface area contributed by atoms with E-state index in [1.165, 1.54) is 28.7 Å². The van der Waals surface area contributed by atoms with E-state index >= 15 is 0 Å². The van der Waals surface area contributed by atoms with Crippen molar-refractivity contribution in [1.82, 2.24) is 23.9 Å². The molecule has 1 unspecified atom stereocenters. The summed E-state index contributed by atoms with van der Waals surface area (Å²) < 4.78 is 110. The molecule has 3 aromatic carbocycles. The fraction of sp³-hybridized carbons (Fsp3) is 0.429. The number of hydrogen-bond donors (Lipinski definition) is 3. The first-order valence-electron chi connectivity index (χ1n) is 23.6. The van der Waals surface area contributed by atoms with E-state index in [9.17, 15) is 44.9 Å². The lowest BCUT2D eigenvalue weighted by molar-refractivity contribution is -0.384. The molecule has 72 heavy (non-hydrogen) atoms. The molecule has 384 valence electrons. The molecular weight excluding hydrogens is 1000 g/mol. The van der Waals surface area contributed by atoms with Gasteiger partial charge in [0.05, 0.1) is 45.1 Å². The Bertz CT molecular complexity index is 3160. The van der Waals surface area contributed by atoms with Gasteiger partial charge in [-0.3, -0.25) is 19.8 Å². The van der Waals surface area contributed by atoms with Gasteiger partial charge in [0.25, 0.3) is 21.6 Å². The molecule has 23 heteroatoms. The molecule has 0 bridgehead atoms. The van der Waals surface area contributed by atoms with E-state index in [0.29, 0.717) is 68.9 Å². The number of amides is 1. The third-order valence-electron chi connectivity index (χ3n) is 13.9. The second-order valence-electron chi connectivity index (χ2n) is 19.4. The van der Waals surface area contributed by atoms with Crippen LogP contribution in [0.1, 0.15) is 73.9 Å². The molecule has 9 rings (SSSR count). The van der Waals surface area contributed by atoms with Gasteiger partial charge in [-0.25, -0.2) is 26.5 Å². The zero-order valence-corrected chi connectivity index (χ0v) is 41.9. The maximum absolute atomic E-state index is 14.0. The fourth-order valence-corrected chi connectivity index (χ4v) is 12.9. The number of benzene rings is 3.